The highest BCUT2D eigenvalue weighted by Gasteiger charge is 2.12. The minimum atomic E-state index is 0.609. The zero-order chi connectivity index (χ0) is 21.0. The molecule has 3 aromatic carbocycles. The van der Waals surface area contributed by atoms with Gasteiger partial charge in [-0.25, -0.2) is 9.97 Å². The van der Waals surface area contributed by atoms with Crippen LogP contribution in [0.2, 0.25) is 5.02 Å². The molecule has 4 heteroatoms. The standard InChI is InChI=1S/C27H18ClN3/c28-24-15-16-29-18-23(24)26-17-25(30-27(31-26)22-9-5-2-6-10-22)21-13-11-20(12-14-21)19-7-3-1-4-8-19/h1-18H. The number of halogens is 1. The maximum Gasteiger partial charge on any atom is 0.160 e. The predicted octanol–water partition coefficient (Wildman–Crippen LogP) is 7.19. The van der Waals surface area contributed by atoms with Gasteiger partial charge in [-0.1, -0.05) is 96.5 Å². The first-order valence-corrected chi connectivity index (χ1v) is 10.4. The van der Waals surface area contributed by atoms with Crippen molar-refractivity contribution >= 4 is 11.6 Å². The highest BCUT2D eigenvalue weighted by Crippen LogP contribution is 2.31. The van der Waals surface area contributed by atoms with E-state index in [0.717, 1.165) is 33.6 Å². The van der Waals surface area contributed by atoms with Crippen molar-refractivity contribution in [1.29, 1.82) is 0 Å². The zero-order valence-corrected chi connectivity index (χ0v) is 17.4. The van der Waals surface area contributed by atoms with Gasteiger partial charge in [0, 0.05) is 29.1 Å². The lowest BCUT2D eigenvalue weighted by Gasteiger charge is -2.10. The third-order valence-corrected chi connectivity index (χ3v) is 5.42. The van der Waals surface area contributed by atoms with Crippen molar-refractivity contribution in [3.63, 3.8) is 0 Å². The summed E-state index contributed by atoms with van der Waals surface area (Å²) in [6, 6.07) is 32.4. The maximum absolute atomic E-state index is 6.44. The summed E-state index contributed by atoms with van der Waals surface area (Å²) in [5.74, 6) is 0.653. The summed E-state index contributed by atoms with van der Waals surface area (Å²) in [5.41, 5.74) is 6.68. The van der Waals surface area contributed by atoms with E-state index in [0.29, 0.717) is 10.8 Å². The molecule has 0 radical (unpaired) electrons. The van der Waals surface area contributed by atoms with Gasteiger partial charge in [-0.05, 0) is 23.3 Å². The van der Waals surface area contributed by atoms with Crippen LogP contribution in [-0.2, 0) is 0 Å². The summed E-state index contributed by atoms with van der Waals surface area (Å²) < 4.78 is 0. The van der Waals surface area contributed by atoms with Crippen LogP contribution in [0.25, 0.3) is 45.0 Å². The quantitative estimate of drug-likeness (QED) is 0.309. The van der Waals surface area contributed by atoms with Gasteiger partial charge in [0.15, 0.2) is 5.82 Å². The summed E-state index contributed by atoms with van der Waals surface area (Å²) in [6.07, 6.45) is 3.41. The Balaban J connectivity index is 1.63. The number of benzene rings is 3. The molecule has 0 N–H and O–H groups in total. The summed E-state index contributed by atoms with van der Waals surface area (Å²) in [6.45, 7) is 0. The Labute approximate surface area is 186 Å². The minimum absolute atomic E-state index is 0.609. The molecule has 2 aromatic heterocycles. The largest absolute Gasteiger partial charge is 0.264 e. The molecule has 0 saturated carbocycles. The van der Waals surface area contributed by atoms with E-state index in [9.17, 15) is 0 Å². The summed E-state index contributed by atoms with van der Waals surface area (Å²) >= 11 is 6.44. The fourth-order valence-corrected chi connectivity index (χ4v) is 3.68. The fourth-order valence-electron chi connectivity index (χ4n) is 3.48. The Kier molecular flexibility index (Phi) is 5.26. The molecule has 0 spiro atoms. The van der Waals surface area contributed by atoms with Crippen molar-refractivity contribution in [2.45, 2.75) is 0 Å². The maximum atomic E-state index is 6.44. The molecule has 5 aromatic rings. The van der Waals surface area contributed by atoms with Crippen LogP contribution in [0.1, 0.15) is 0 Å². The van der Waals surface area contributed by atoms with E-state index in [4.69, 9.17) is 21.6 Å². The van der Waals surface area contributed by atoms with E-state index in [2.05, 4.69) is 41.4 Å². The normalized spacial score (nSPS) is 10.7. The average molecular weight is 420 g/mol. The van der Waals surface area contributed by atoms with Crippen molar-refractivity contribution < 1.29 is 0 Å². The first kappa shape index (κ1) is 19.2. The van der Waals surface area contributed by atoms with Crippen molar-refractivity contribution in [2.75, 3.05) is 0 Å². The van der Waals surface area contributed by atoms with Crippen LogP contribution < -0.4 is 0 Å². The van der Waals surface area contributed by atoms with E-state index in [-0.39, 0.29) is 0 Å². The lowest BCUT2D eigenvalue weighted by molar-refractivity contribution is 1.18. The van der Waals surface area contributed by atoms with Crippen LogP contribution in [0.3, 0.4) is 0 Å². The molecule has 148 valence electrons. The topological polar surface area (TPSA) is 38.7 Å². The lowest BCUT2D eigenvalue weighted by Crippen LogP contribution is -1.96. The zero-order valence-electron chi connectivity index (χ0n) is 16.6. The van der Waals surface area contributed by atoms with Gasteiger partial charge in [0.05, 0.1) is 16.4 Å². The van der Waals surface area contributed by atoms with Crippen LogP contribution in [-0.4, -0.2) is 15.0 Å². The van der Waals surface area contributed by atoms with Gasteiger partial charge < -0.3 is 0 Å². The van der Waals surface area contributed by atoms with Gasteiger partial charge in [0.25, 0.3) is 0 Å². The van der Waals surface area contributed by atoms with E-state index in [1.807, 2.05) is 54.6 Å². The van der Waals surface area contributed by atoms with Crippen LogP contribution in [0.5, 0.6) is 0 Å². The van der Waals surface area contributed by atoms with Crippen molar-refractivity contribution in [3.8, 4) is 45.0 Å². The number of rotatable bonds is 4. The van der Waals surface area contributed by atoms with Crippen LogP contribution >= 0.6 is 11.6 Å². The molecule has 0 aliphatic carbocycles. The second-order valence-corrected chi connectivity index (χ2v) is 7.53. The van der Waals surface area contributed by atoms with Crippen LogP contribution in [0.4, 0.5) is 0 Å². The molecule has 2 heterocycles. The Bertz CT molecular complexity index is 1320. The average Bonchev–Trinajstić information content (AvgIpc) is 2.85. The molecular formula is C27H18ClN3. The Morgan fingerprint density at radius 2 is 1.13 bits per heavy atom. The second kappa shape index (κ2) is 8.50. The predicted molar refractivity (Wildman–Crippen MR) is 127 cm³/mol. The van der Waals surface area contributed by atoms with Crippen molar-refractivity contribution in [3.05, 3.63) is 114 Å². The Morgan fingerprint density at radius 1 is 0.548 bits per heavy atom. The molecule has 0 fully saturated rings. The lowest BCUT2D eigenvalue weighted by atomic mass is 10.0. The number of pyridine rings is 1. The molecular weight excluding hydrogens is 402 g/mol. The van der Waals surface area contributed by atoms with Gasteiger partial charge >= 0.3 is 0 Å². The third kappa shape index (κ3) is 4.09. The van der Waals surface area contributed by atoms with Crippen molar-refractivity contribution in [1.82, 2.24) is 15.0 Å². The molecule has 3 nitrogen and oxygen atoms in total. The number of hydrogen-bond acceptors (Lipinski definition) is 3. The smallest absolute Gasteiger partial charge is 0.160 e. The van der Waals surface area contributed by atoms with Gasteiger partial charge in [-0.15, -0.1) is 0 Å². The van der Waals surface area contributed by atoms with Crippen molar-refractivity contribution in [2.24, 2.45) is 0 Å². The number of aromatic nitrogens is 3. The minimum Gasteiger partial charge on any atom is -0.264 e. The Morgan fingerprint density at radius 3 is 1.81 bits per heavy atom. The first-order chi connectivity index (χ1) is 15.3. The molecule has 31 heavy (non-hydrogen) atoms. The number of nitrogens with zero attached hydrogens (tertiary/aromatic N) is 3. The molecule has 0 aliphatic rings. The van der Waals surface area contributed by atoms with E-state index >= 15 is 0 Å². The van der Waals surface area contributed by atoms with Gasteiger partial charge in [0.2, 0.25) is 0 Å². The van der Waals surface area contributed by atoms with E-state index in [1.54, 1.807) is 18.5 Å². The third-order valence-electron chi connectivity index (χ3n) is 5.09. The second-order valence-electron chi connectivity index (χ2n) is 7.13. The van der Waals surface area contributed by atoms with Crippen LogP contribution in [0.15, 0.2) is 109 Å². The molecule has 0 aliphatic heterocycles. The summed E-state index contributed by atoms with van der Waals surface area (Å²) in [4.78, 5) is 13.9. The van der Waals surface area contributed by atoms with Crippen LogP contribution in [0, 0.1) is 0 Å². The molecule has 0 atom stereocenters. The summed E-state index contributed by atoms with van der Waals surface area (Å²) in [5, 5.41) is 0.609. The number of hydrogen-bond donors (Lipinski definition) is 0. The fraction of sp³-hybridized carbons (Fsp3) is 0. The van der Waals surface area contributed by atoms with E-state index < -0.39 is 0 Å². The monoisotopic (exact) mass is 419 g/mol. The highest BCUT2D eigenvalue weighted by molar-refractivity contribution is 6.33. The molecule has 0 bridgehead atoms. The first-order valence-electron chi connectivity index (χ1n) is 9.98. The highest BCUT2D eigenvalue weighted by atomic mass is 35.5. The molecule has 5 rings (SSSR count). The van der Waals surface area contributed by atoms with Gasteiger partial charge in [0.1, 0.15) is 0 Å². The molecule has 0 saturated heterocycles. The Hall–Kier alpha value is -3.82. The SMILES string of the molecule is Clc1ccncc1-c1cc(-c2ccc(-c3ccccc3)cc2)nc(-c2ccccc2)n1. The van der Waals surface area contributed by atoms with Gasteiger partial charge in [-0.3, -0.25) is 4.98 Å². The van der Waals surface area contributed by atoms with E-state index in [1.165, 1.54) is 5.56 Å². The summed E-state index contributed by atoms with van der Waals surface area (Å²) in [7, 11) is 0. The van der Waals surface area contributed by atoms with Gasteiger partial charge in [-0.2, -0.15) is 0 Å². The molecule has 0 unspecified atom stereocenters. The molecule has 0 amide bonds.